The second-order valence-electron chi connectivity index (χ2n) is 4.95. The topological polar surface area (TPSA) is 30.5 Å². The van der Waals surface area contributed by atoms with Crippen molar-refractivity contribution in [1.29, 1.82) is 0 Å². The summed E-state index contributed by atoms with van der Waals surface area (Å²) in [4.78, 5) is 0. The van der Waals surface area contributed by atoms with E-state index in [2.05, 4.69) is 18.3 Å². The standard InChI is InChI=1S/C17H29NO2/c1-4-6-7-10-13-19-14-16(18-3)15-11-8-9-12-17(15)20-5-2/h8-9,11-12,16,18H,4-7,10,13-14H2,1-3H3. The molecule has 20 heavy (non-hydrogen) atoms. The highest BCUT2D eigenvalue weighted by Gasteiger charge is 2.14. The van der Waals surface area contributed by atoms with Gasteiger partial charge in [0.2, 0.25) is 0 Å². The molecule has 114 valence electrons. The minimum absolute atomic E-state index is 0.184. The maximum Gasteiger partial charge on any atom is 0.124 e. The number of unbranched alkanes of at least 4 members (excludes halogenated alkanes) is 3. The third-order valence-electron chi connectivity index (χ3n) is 3.37. The van der Waals surface area contributed by atoms with Crippen molar-refractivity contribution in [3.05, 3.63) is 29.8 Å². The number of ether oxygens (including phenoxy) is 2. The molecule has 0 saturated heterocycles. The van der Waals surface area contributed by atoms with Crippen LogP contribution in [0.4, 0.5) is 0 Å². The first kappa shape index (κ1) is 17.0. The van der Waals surface area contributed by atoms with E-state index < -0.39 is 0 Å². The monoisotopic (exact) mass is 279 g/mol. The first-order valence-electron chi connectivity index (χ1n) is 7.80. The van der Waals surface area contributed by atoms with Gasteiger partial charge in [-0.15, -0.1) is 0 Å². The van der Waals surface area contributed by atoms with Crippen LogP contribution in [0, 0.1) is 0 Å². The van der Waals surface area contributed by atoms with E-state index >= 15 is 0 Å². The lowest BCUT2D eigenvalue weighted by Gasteiger charge is -2.20. The Bertz CT molecular complexity index is 355. The number of hydrogen-bond donors (Lipinski definition) is 1. The Morgan fingerprint density at radius 2 is 1.90 bits per heavy atom. The Morgan fingerprint density at radius 1 is 1.10 bits per heavy atom. The maximum absolute atomic E-state index is 5.80. The molecular weight excluding hydrogens is 250 g/mol. The fourth-order valence-electron chi connectivity index (χ4n) is 2.22. The molecule has 0 aliphatic carbocycles. The van der Waals surface area contributed by atoms with Crippen molar-refractivity contribution in [2.75, 3.05) is 26.9 Å². The summed E-state index contributed by atoms with van der Waals surface area (Å²) in [6.07, 6.45) is 4.97. The molecule has 0 saturated carbocycles. The highest BCUT2D eigenvalue weighted by molar-refractivity contribution is 5.36. The van der Waals surface area contributed by atoms with Gasteiger partial charge >= 0.3 is 0 Å². The number of benzene rings is 1. The van der Waals surface area contributed by atoms with E-state index in [1.807, 2.05) is 32.2 Å². The largest absolute Gasteiger partial charge is 0.494 e. The van der Waals surface area contributed by atoms with Crippen LogP contribution in [0.2, 0.25) is 0 Å². The van der Waals surface area contributed by atoms with Gasteiger partial charge in [0.15, 0.2) is 0 Å². The molecule has 0 amide bonds. The smallest absolute Gasteiger partial charge is 0.124 e. The van der Waals surface area contributed by atoms with Crippen LogP contribution in [-0.2, 0) is 4.74 Å². The first-order valence-corrected chi connectivity index (χ1v) is 7.80. The summed E-state index contributed by atoms with van der Waals surface area (Å²) in [6, 6.07) is 8.36. The predicted molar refractivity (Wildman–Crippen MR) is 84.4 cm³/mol. The van der Waals surface area contributed by atoms with Gasteiger partial charge in [-0.1, -0.05) is 44.4 Å². The van der Waals surface area contributed by atoms with E-state index in [9.17, 15) is 0 Å². The van der Waals surface area contributed by atoms with Crippen LogP contribution in [-0.4, -0.2) is 26.9 Å². The maximum atomic E-state index is 5.80. The third kappa shape index (κ3) is 5.93. The van der Waals surface area contributed by atoms with Gasteiger partial charge < -0.3 is 14.8 Å². The summed E-state index contributed by atoms with van der Waals surface area (Å²) in [5, 5.41) is 3.31. The molecule has 1 atom stereocenters. The lowest BCUT2D eigenvalue weighted by Crippen LogP contribution is -2.22. The molecular formula is C17H29NO2. The van der Waals surface area contributed by atoms with E-state index in [0.29, 0.717) is 13.2 Å². The molecule has 0 fully saturated rings. The molecule has 0 aromatic heterocycles. The van der Waals surface area contributed by atoms with E-state index in [-0.39, 0.29) is 6.04 Å². The molecule has 0 spiro atoms. The minimum atomic E-state index is 0.184. The highest BCUT2D eigenvalue weighted by Crippen LogP contribution is 2.25. The van der Waals surface area contributed by atoms with Gasteiger partial charge in [0.1, 0.15) is 5.75 Å². The molecule has 0 heterocycles. The van der Waals surface area contributed by atoms with Crippen LogP contribution in [0.5, 0.6) is 5.75 Å². The van der Waals surface area contributed by atoms with Crippen molar-refractivity contribution >= 4 is 0 Å². The van der Waals surface area contributed by atoms with Crippen molar-refractivity contribution < 1.29 is 9.47 Å². The lowest BCUT2D eigenvalue weighted by molar-refractivity contribution is 0.109. The van der Waals surface area contributed by atoms with E-state index in [1.165, 1.54) is 24.8 Å². The van der Waals surface area contributed by atoms with Crippen molar-refractivity contribution in [2.24, 2.45) is 0 Å². The summed E-state index contributed by atoms with van der Waals surface area (Å²) in [6.45, 7) is 6.45. The zero-order valence-corrected chi connectivity index (χ0v) is 13.2. The lowest BCUT2D eigenvalue weighted by atomic mass is 10.1. The van der Waals surface area contributed by atoms with Gasteiger partial charge in [-0.25, -0.2) is 0 Å². The fraction of sp³-hybridized carbons (Fsp3) is 0.647. The molecule has 1 rings (SSSR count). The zero-order chi connectivity index (χ0) is 14.6. The molecule has 0 bridgehead atoms. The van der Waals surface area contributed by atoms with Crippen LogP contribution >= 0.6 is 0 Å². The predicted octanol–water partition coefficient (Wildman–Crippen LogP) is 3.94. The summed E-state index contributed by atoms with van der Waals surface area (Å²) in [5.41, 5.74) is 1.17. The Kier molecular flexibility index (Phi) is 9.09. The minimum Gasteiger partial charge on any atom is -0.494 e. The molecule has 3 nitrogen and oxygen atoms in total. The van der Waals surface area contributed by atoms with Gasteiger partial charge in [0.25, 0.3) is 0 Å². The third-order valence-corrected chi connectivity index (χ3v) is 3.37. The summed E-state index contributed by atoms with van der Waals surface area (Å²) in [7, 11) is 1.97. The normalized spacial score (nSPS) is 12.3. The van der Waals surface area contributed by atoms with E-state index in [0.717, 1.165) is 18.8 Å². The SMILES string of the molecule is CCCCCCOCC(NC)c1ccccc1OCC. The van der Waals surface area contributed by atoms with E-state index in [4.69, 9.17) is 9.47 Å². The van der Waals surface area contributed by atoms with Crippen LogP contribution < -0.4 is 10.1 Å². The molecule has 1 unspecified atom stereocenters. The second kappa shape index (κ2) is 10.7. The molecule has 1 aromatic rings. The number of rotatable bonds is 11. The molecule has 0 aliphatic heterocycles. The molecule has 0 aliphatic rings. The molecule has 0 radical (unpaired) electrons. The average molecular weight is 279 g/mol. The Labute approximate surface area is 123 Å². The Morgan fingerprint density at radius 3 is 2.60 bits per heavy atom. The van der Waals surface area contributed by atoms with Crippen molar-refractivity contribution in [3.63, 3.8) is 0 Å². The van der Waals surface area contributed by atoms with Crippen LogP contribution in [0.15, 0.2) is 24.3 Å². The number of hydrogen-bond acceptors (Lipinski definition) is 3. The number of likely N-dealkylation sites (N-methyl/N-ethyl adjacent to an activating group) is 1. The zero-order valence-electron chi connectivity index (χ0n) is 13.2. The van der Waals surface area contributed by atoms with Crippen LogP contribution in [0.25, 0.3) is 0 Å². The van der Waals surface area contributed by atoms with Crippen LogP contribution in [0.1, 0.15) is 51.1 Å². The Balaban J connectivity index is 2.45. The van der Waals surface area contributed by atoms with E-state index in [1.54, 1.807) is 0 Å². The van der Waals surface area contributed by atoms with Crippen molar-refractivity contribution in [1.82, 2.24) is 5.32 Å². The molecule has 3 heteroatoms. The summed E-state index contributed by atoms with van der Waals surface area (Å²) >= 11 is 0. The molecule has 1 N–H and O–H groups in total. The number of nitrogens with one attached hydrogen (secondary N) is 1. The second-order valence-corrected chi connectivity index (χ2v) is 4.95. The average Bonchev–Trinajstić information content (AvgIpc) is 2.48. The van der Waals surface area contributed by atoms with Crippen molar-refractivity contribution in [2.45, 2.75) is 45.6 Å². The van der Waals surface area contributed by atoms with Gasteiger partial charge in [0.05, 0.1) is 19.3 Å². The van der Waals surface area contributed by atoms with Gasteiger partial charge in [-0.2, -0.15) is 0 Å². The van der Waals surface area contributed by atoms with Gasteiger partial charge in [-0.05, 0) is 26.5 Å². The Hall–Kier alpha value is -1.06. The van der Waals surface area contributed by atoms with Crippen LogP contribution in [0.3, 0.4) is 0 Å². The van der Waals surface area contributed by atoms with Gasteiger partial charge in [-0.3, -0.25) is 0 Å². The first-order chi connectivity index (χ1) is 9.83. The van der Waals surface area contributed by atoms with Crippen molar-refractivity contribution in [3.8, 4) is 5.75 Å². The number of para-hydroxylation sites is 1. The highest BCUT2D eigenvalue weighted by atomic mass is 16.5. The fourth-order valence-corrected chi connectivity index (χ4v) is 2.22. The van der Waals surface area contributed by atoms with Gasteiger partial charge in [0, 0.05) is 12.2 Å². The summed E-state index contributed by atoms with van der Waals surface area (Å²) in [5.74, 6) is 0.948. The molecule has 1 aromatic carbocycles. The quantitative estimate of drug-likeness (QED) is 0.622. The summed E-state index contributed by atoms with van der Waals surface area (Å²) < 4.78 is 11.5.